The summed E-state index contributed by atoms with van der Waals surface area (Å²) in [6.07, 6.45) is 0.422. The summed E-state index contributed by atoms with van der Waals surface area (Å²) in [5, 5.41) is 16.8. The van der Waals surface area contributed by atoms with Crippen molar-refractivity contribution in [1.29, 1.82) is 0 Å². The van der Waals surface area contributed by atoms with Crippen LogP contribution < -0.4 is 0 Å². The van der Waals surface area contributed by atoms with Gasteiger partial charge in [0.25, 0.3) is 0 Å². The Morgan fingerprint density at radius 1 is 1.09 bits per heavy atom. The maximum Gasteiger partial charge on any atom is 0.508 e. The van der Waals surface area contributed by atoms with E-state index < -0.39 is 39.1 Å². The molecule has 0 fully saturated rings. The minimum atomic E-state index is -2.10. The van der Waals surface area contributed by atoms with Gasteiger partial charge in [0.05, 0.1) is 5.56 Å². The summed E-state index contributed by atoms with van der Waals surface area (Å²) in [5.41, 5.74) is 0.854. The van der Waals surface area contributed by atoms with Crippen molar-refractivity contribution >= 4 is 25.9 Å². The number of carboxylic acid groups (broad SMARTS) is 2. The van der Waals surface area contributed by atoms with Crippen LogP contribution in [0.2, 0.25) is 0 Å². The Morgan fingerprint density at radius 3 is 2.41 bits per heavy atom. The molecule has 0 aliphatic rings. The van der Waals surface area contributed by atoms with E-state index in [1.54, 1.807) is 12.1 Å². The molecular formula is C13H14O8P+. The number of rotatable bonds is 9. The molecule has 0 bridgehead atoms. The summed E-state index contributed by atoms with van der Waals surface area (Å²) in [6, 6.07) is 6.23. The summed E-state index contributed by atoms with van der Waals surface area (Å²) in [6.45, 7) is -1.35. The van der Waals surface area contributed by atoms with Crippen LogP contribution in [0.15, 0.2) is 24.3 Å². The van der Waals surface area contributed by atoms with Crippen molar-refractivity contribution in [3.63, 3.8) is 0 Å². The predicted molar refractivity (Wildman–Crippen MR) is 74.1 cm³/mol. The Morgan fingerprint density at radius 2 is 1.77 bits per heavy atom. The van der Waals surface area contributed by atoms with Gasteiger partial charge in [0.15, 0.2) is 19.4 Å². The molecule has 0 heterocycles. The largest absolute Gasteiger partial charge is 0.508 e. The molecule has 1 unspecified atom stereocenters. The minimum Gasteiger partial charge on any atom is -0.479 e. The maximum atomic E-state index is 11.6. The number of hydrogen-bond acceptors (Lipinski definition) is 6. The Kier molecular flexibility index (Phi) is 7.15. The molecule has 0 spiro atoms. The zero-order chi connectivity index (χ0) is 16.5. The lowest BCUT2D eigenvalue weighted by Crippen LogP contribution is -2.13. The van der Waals surface area contributed by atoms with Gasteiger partial charge in [-0.3, -0.25) is 0 Å². The van der Waals surface area contributed by atoms with E-state index in [0.29, 0.717) is 12.0 Å². The zero-order valence-electron chi connectivity index (χ0n) is 11.4. The molecule has 8 nitrogen and oxygen atoms in total. The van der Waals surface area contributed by atoms with Crippen molar-refractivity contribution in [3.8, 4) is 0 Å². The van der Waals surface area contributed by atoms with Crippen LogP contribution in [0.1, 0.15) is 15.9 Å². The maximum absolute atomic E-state index is 11.6. The van der Waals surface area contributed by atoms with E-state index in [1.165, 1.54) is 12.1 Å². The fourth-order valence-electron chi connectivity index (χ4n) is 1.48. The molecule has 118 valence electrons. The van der Waals surface area contributed by atoms with E-state index in [9.17, 15) is 18.9 Å². The van der Waals surface area contributed by atoms with E-state index in [4.69, 9.17) is 10.2 Å². The standard InChI is InChI=1S/C13H13O8P/c14-11(15)7-20-13(18)10-3-1-2-9(6-10)4-5-22(19)21-8-12(16)17/h1-3,6H,4-5,7-8H2,(H-,14,15,16,17)/p+1. The van der Waals surface area contributed by atoms with Crippen LogP contribution in [0.4, 0.5) is 0 Å². The van der Waals surface area contributed by atoms with Crippen LogP contribution in [-0.4, -0.2) is 47.5 Å². The number of hydrogen-bond donors (Lipinski definition) is 2. The quantitative estimate of drug-likeness (QED) is 0.513. The third-order valence-electron chi connectivity index (χ3n) is 2.40. The second-order valence-corrected chi connectivity index (χ2v) is 5.51. The molecule has 1 atom stereocenters. The number of ether oxygens (including phenoxy) is 1. The van der Waals surface area contributed by atoms with Crippen LogP contribution in [0, 0.1) is 0 Å². The fourth-order valence-corrected chi connectivity index (χ4v) is 2.30. The van der Waals surface area contributed by atoms with Crippen LogP contribution in [0.3, 0.4) is 0 Å². The van der Waals surface area contributed by atoms with Gasteiger partial charge < -0.3 is 14.9 Å². The van der Waals surface area contributed by atoms with Crippen LogP contribution in [0.25, 0.3) is 0 Å². The Bertz CT molecular complexity index is 583. The first kappa shape index (κ1) is 17.7. The molecule has 9 heteroatoms. The van der Waals surface area contributed by atoms with Crippen LogP contribution >= 0.6 is 8.03 Å². The van der Waals surface area contributed by atoms with Gasteiger partial charge in [0.2, 0.25) is 0 Å². The van der Waals surface area contributed by atoms with Crippen molar-refractivity contribution in [2.24, 2.45) is 0 Å². The molecule has 0 saturated carbocycles. The molecule has 0 aliphatic heterocycles. The first-order valence-corrected chi connectivity index (χ1v) is 7.52. The number of aliphatic carboxylic acids is 2. The molecule has 0 aliphatic carbocycles. The molecule has 0 saturated heterocycles. The number of carbonyl (C=O) groups excluding carboxylic acids is 1. The molecule has 0 amide bonds. The molecule has 0 aromatic heterocycles. The molecule has 1 rings (SSSR count). The highest BCUT2D eigenvalue weighted by Gasteiger charge is 2.19. The summed E-state index contributed by atoms with van der Waals surface area (Å²) in [7, 11) is -2.10. The van der Waals surface area contributed by atoms with Crippen molar-refractivity contribution in [3.05, 3.63) is 35.4 Å². The van der Waals surface area contributed by atoms with Crippen molar-refractivity contribution < 1.29 is 38.4 Å². The van der Waals surface area contributed by atoms with E-state index in [-0.39, 0.29) is 11.7 Å². The lowest BCUT2D eigenvalue weighted by Gasteiger charge is -2.03. The van der Waals surface area contributed by atoms with Gasteiger partial charge in [0.1, 0.15) is 0 Å². The first-order chi connectivity index (χ1) is 10.4. The van der Waals surface area contributed by atoms with E-state index >= 15 is 0 Å². The smallest absolute Gasteiger partial charge is 0.479 e. The second-order valence-electron chi connectivity index (χ2n) is 4.14. The number of aryl methyl sites for hydroxylation is 1. The van der Waals surface area contributed by atoms with Gasteiger partial charge in [-0.1, -0.05) is 12.1 Å². The average molecular weight is 329 g/mol. The predicted octanol–water partition coefficient (Wildman–Crippen LogP) is 1.31. The molecule has 22 heavy (non-hydrogen) atoms. The Hall–Kier alpha value is -2.31. The third-order valence-corrected chi connectivity index (χ3v) is 3.41. The average Bonchev–Trinajstić information content (AvgIpc) is 2.48. The molecule has 2 N–H and O–H groups in total. The summed E-state index contributed by atoms with van der Waals surface area (Å²) < 4.78 is 20.6. The fraction of sp³-hybridized carbons (Fsp3) is 0.308. The lowest BCUT2D eigenvalue weighted by molar-refractivity contribution is -0.140. The van der Waals surface area contributed by atoms with Crippen molar-refractivity contribution in [2.45, 2.75) is 6.42 Å². The second kappa shape index (κ2) is 8.86. The van der Waals surface area contributed by atoms with E-state index in [2.05, 4.69) is 9.26 Å². The SMILES string of the molecule is O=C(O)COC(=O)c1cccc(CC[P+](=O)OCC(=O)O)c1. The lowest BCUT2D eigenvalue weighted by atomic mass is 10.1. The highest BCUT2D eigenvalue weighted by molar-refractivity contribution is 7.39. The summed E-state index contributed by atoms with van der Waals surface area (Å²) >= 11 is 0. The first-order valence-electron chi connectivity index (χ1n) is 6.15. The summed E-state index contributed by atoms with van der Waals surface area (Å²) in [4.78, 5) is 32.2. The normalized spacial score (nSPS) is 10.8. The summed E-state index contributed by atoms with van der Waals surface area (Å²) in [5.74, 6) is -3.22. The highest BCUT2D eigenvalue weighted by Crippen LogP contribution is 2.23. The van der Waals surface area contributed by atoms with Crippen LogP contribution in [-0.2, 0) is 29.8 Å². The van der Waals surface area contributed by atoms with Gasteiger partial charge in [-0.15, -0.1) is 4.52 Å². The minimum absolute atomic E-state index is 0.107. The highest BCUT2D eigenvalue weighted by atomic mass is 31.1. The van der Waals surface area contributed by atoms with Gasteiger partial charge in [-0.05, 0) is 22.3 Å². The number of carbonyl (C=O) groups is 3. The number of carboxylic acids is 2. The Labute approximate surface area is 126 Å². The molecule has 1 aromatic rings. The molecule has 1 aromatic carbocycles. The van der Waals surface area contributed by atoms with Gasteiger partial charge in [0, 0.05) is 6.42 Å². The zero-order valence-corrected chi connectivity index (χ0v) is 12.3. The monoisotopic (exact) mass is 329 g/mol. The van der Waals surface area contributed by atoms with E-state index in [1.807, 2.05) is 0 Å². The van der Waals surface area contributed by atoms with Crippen molar-refractivity contribution in [1.82, 2.24) is 0 Å². The van der Waals surface area contributed by atoms with Gasteiger partial charge in [-0.25, -0.2) is 14.4 Å². The van der Waals surface area contributed by atoms with E-state index in [0.717, 1.165) is 0 Å². The van der Waals surface area contributed by atoms with Gasteiger partial charge in [-0.2, -0.15) is 0 Å². The molecule has 0 radical (unpaired) electrons. The van der Waals surface area contributed by atoms with Gasteiger partial charge >= 0.3 is 25.9 Å². The molecular weight excluding hydrogens is 315 g/mol. The van der Waals surface area contributed by atoms with Crippen molar-refractivity contribution in [2.75, 3.05) is 19.4 Å². The third kappa shape index (κ3) is 6.92. The number of benzene rings is 1. The van der Waals surface area contributed by atoms with Crippen LogP contribution in [0.5, 0.6) is 0 Å². The topological polar surface area (TPSA) is 127 Å². The Balaban J connectivity index is 2.53. The number of esters is 1.